The van der Waals surface area contributed by atoms with Gasteiger partial charge in [-0.05, 0) is 31.2 Å². The molecule has 0 amide bonds. The van der Waals surface area contributed by atoms with Crippen molar-refractivity contribution >= 4 is 23.3 Å². The summed E-state index contributed by atoms with van der Waals surface area (Å²) in [6.07, 6.45) is 1.18. The van der Waals surface area contributed by atoms with Gasteiger partial charge in [0.1, 0.15) is 12.1 Å². The number of nitrogens with zero attached hydrogens (tertiary/aromatic N) is 2. The number of anilines is 2. The molecule has 0 aliphatic carbocycles. The van der Waals surface area contributed by atoms with Gasteiger partial charge in [0, 0.05) is 17.3 Å². The lowest BCUT2D eigenvalue weighted by atomic mass is 10.1. The van der Waals surface area contributed by atoms with Crippen LogP contribution in [0.3, 0.4) is 0 Å². The summed E-state index contributed by atoms with van der Waals surface area (Å²) in [4.78, 5) is 29.4. The molecule has 6 heteroatoms. The molecule has 0 spiro atoms. The number of aromatic carboxylic acids is 1. The number of carbonyl (C=O) groups is 2. The number of hydrogen-bond acceptors (Lipinski definition) is 5. The fraction of sp³-hybridized carbons (Fsp3) is 0.0769. The number of carboxylic acids is 1. The lowest BCUT2D eigenvalue weighted by molar-refractivity contribution is 0.0690. The number of aromatic nitrogens is 2. The van der Waals surface area contributed by atoms with Crippen molar-refractivity contribution in [1.29, 1.82) is 0 Å². The van der Waals surface area contributed by atoms with Crippen LogP contribution in [0.5, 0.6) is 0 Å². The molecular formula is C13H11N3O3. The number of ketones is 1. The summed E-state index contributed by atoms with van der Waals surface area (Å²) < 4.78 is 0. The first-order chi connectivity index (χ1) is 9.06. The molecule has 1 heterocycles. The van der Waals surface area contributed by atoms with Crippen molar-refractivity contribution in [1.82, 2.24) is 9.97 Å². The second-order valence-corrected chi connectivity index (χ2v) is 3.85. The highest BCUT2D eigenvalue weighted by molar-refractivity contribution is 5.94. The molecule has 2 rings (SSSR count). The van der Waals surface area contributed by atoms with Crippen molar-refractivity contribution in [3.8, 4) is 0 Å². The predicted octanol–water partition coefficient (Wildman–Crippen LogP) is 2.12. The van der Waals surface area contributed by atoms with Crippen LogP contribution in [0, 0.1) is 0 Å². The van der Waals surface area contributed by atoms with Crippen molar-refractivity contribution in [2.45, 2.75) is 6.92 Å². The minimum atomic E-state index is -1.11. The monoisotopic (exact) mass is 257 g/mol. The van der Waals surface area contributed by atoms with Crippen LogP contribution >= 0.6 is 0 Å². The van der Waals surface area contributed by atoms with E-state index in [9.17, 15) is 9.59 Å². The molecule has 0 bridgehead atoms. The third kappa shape index (κ3) is 3.12. The minimum Gasteiger partial charge on any atom is -0.477 e. The Bertz CT molecular complexity index is 623. The average molecular weight is 257 g/mol. The molecule has 6 nitrogen and oxygen atoms in total. The van der Waals surface area contributed by atoms with E-state index in [2.05, 4.69) is 15.3 Å². The summed E-state index contributed by atoms with van der Waals surface area (Å²) in [5.41, 5.74) is 1.23. The summed E-state index contributed by atoms with van der Waals surface area (Å²) in [7, 11) is 0. The van der Waals surface area contributed by atoms with Crippen molar-refractivity contribution < 1.29 is 14.7 Å². The molecule has 1 aromatic carbocycles. The number of carbonyl (C=O) groups excluding carboxylic acids is 1. The Morgan fingerprint density at radius 2 is 1.84 bits per heavy atom. The average Bonchev–Trinajstić information content (AvgIpc) is 2.39. The van der Waals surface area contributed by atoms with Crippen molar-refractivity contribution in [3.63, 3.8) is 0 Å². The van der Waals surface area contributed by atoms with Crippen LogP contribution < -0.4 is 5.32 Å². The van der Waals surface area contributed by atoms with Gasteiger partial charge >= 0.3 is 5.97 Å². The molecule has 0 fully saturated rings. The number of hydrogen-bond donors (Lipinski definition) is 2. The molecule has 0 unspecified atom stereocenters. The van der Waals surface area contributed by atoms with E-state index in [0.29, 0.717) is 17.1 Å². The van der Waals surface area contributed by atoms with Crippen molar-refractivity contribution in [2.75, 3.05) is 5.32 Å². The molecule has 0 aliphatic rings. The Balaban J connectivity index is 2.19. The Morgan fingerprint density at radius 3 is 2.42 bits per heavy atom. The molecule has 2 aromatic rings. The Kier molecular flexibility index (Phi) is 3.51. The number of rotatable bonds is 4. The Labute approximate surface area is 109 Å². The topological polar surface area (TPSA) is 92.2 Å². The highest BCUT2D eigenvalue weighted by atomic mass is 16.4. The number of nitrogens with one attached hydrogen (secondary N) is 1. The number of carboxylic acid groups (broad SMARTS) is 1. The predicted molar refractivity (Wildman–Crippen MR) is 68.7 cm³/mol. The highest BCUT2D eigenvalue weighted by Gasteiger charge is 2.06. The van der Waals surface area contributed by atoms with E-state index in [1.807, 2.05) is 0 Å². The third-order valence-corrected chi connectivity index (χ3v) is 2.45. The molecule has 96 valence electrons. The SMILES string of the molecule is CC(=O)c1ccc(Nc2cc(C(=O)O)ncn2)cc1. The van der Waals surface area contributed by atoms with E-state index >= 15 is 0 Å². The maximum atomic E-state index is 11.1. The van der Waals surface area contributed by atoms with Crippen molar-refractivity contribution in [2.24, 2.45) is 0 Å². The van der Waals surface area contributed by atoms with Gasteiger partial charge in [0.15, 0.2) is 11.5 Å². The lowest BCUT2D eigenvalue weighted by Crippen LogP contribution is -2.03. The first-order valence-electron chi connectivity index (χ1n) is 5.49. The molecule has 2 N–H and O–H groups in total. The van der Waals surface area contributed by atoms with Crippen LogP contribution in [0.15, 0.2) is 36.7 Å². The van der Waals surface area contributed by atoms with E-state index in [0.717, 1.165) is 0 Å². The first kappa shape index (κ1) is 12.7. The fourth-order valence-electron chi connectivity index (χ4n) is 1.48. The maximum absolute atomic E-state index is 11.1. The largest absolute Gasteiger partial charge is 0.477 e. The van der Waals surface area contributed by atoms with E-state index < -0.39 is 5.97 Å². The van der Waals surface area contributed by atoms with Crippen LogP contribution in [-0.4, -0.2) is 26.8 Å². The first-order valence-corrected chi connectivity index (χ1v) is 5.49. The molecule has 1 aromatic heterocycles. The van der Waals surface area contributed by atoms with Gasteiger partial charge in [-0.25, -0.2) is 14.8 Å². The molecule has 0 saturated carbocycles. The summed E-state index contributed by atoms with van der Waals surface area (Å²) >= 11 is 0. The second-order valence-electron chi connectivity index (χ2n) is 3.85. The van der Waals surface area contributed by atoms with Crippen LogP contribution in [-0.2, 0) is 0 Å². The molecule has 0 radical (unpaired) electrons. The molecule has 0 saturated heterocycles. The zero-order chi connectivity index (χ0) is 13.8. The fourth-order valence-corrected chi connectivity index (χ4v) is 1.48. The van der Waals surface area contributed by atoms with Crippen LogP contribution in [0.25, 0.3) is 0 Å². The van der Waals surface area contributed by atoms with Gasteiger partial charge in [0.25, 0.3) is 0 Å². The second kappa shape index (κ2) is 5.26. The van der Waals surface area contributed by atoms with E-state index in [1.165, 1.54) is 19.3 Å². The van der Waals surface area contributed by atoms with E-state index in [1.54, 1.807) is 24.3 Å². The molecule has 0 atom stereocenters. The third-order valence-electron chi connectivity index (χ3n) is 2.45. The van der Waals surface area contributed by atoms with Gasteiger partial charge in [0.05, 0.1) is 0 Å². The summed E-state index contributed by atoms with van der Waals surface area (Å²) in [6, 6.07) is 8.15. The smallest absolute Gasteiger partial charge is 0.354 e. The van der Waals surface area contributed by atoms with Crippen LogP contribution in [0.1, 0.15) is 27.8 Å². The number of Topliss-reactive ketones (excluding diaryl/α,β-unsaturated/α-hetero) is 1. The molecule has 19 heavy (non-hydrogen) atoms. The lowest BCUT2D eigenvalue weighted by Gasteiger charge is -2.06. The van der Waals surface area contributed by atoms with Gasteiger partial charge in [0.2, 0.25) is 0 Å². The van der Waals surface area contributed by atoms with Gasteiger partial charge in [-0.1, -0.05) is 0 Å². The number of benzene rings is 1. The van der Waals surface area contributed by atoms with Gasteiger partial charge in [-0.15, -0.1) is 0 Å². The van der Waals surface area contributed by atoms with E-state index in [4.69, 9.17) is 5.11 Å². The minimum absolute atomic E-state index is 0.0123. The normalized spacial score (nSPS) is 9.95. The zero-order valence-corrected chi connectivity index (χ0v) is 10.1. The Hall–Kier alpha value is -2.76. The zero-order valence-electron chi connectivity index (χ0n) is 10.1. The standard InChI is InChI=1S/C13H11N3O3/c1-8(17)9-2-4-10(5-3-9)16-12-6-11(13(18)19)14-7-15-12/h2-7H,1H3,(H,18,19)(H,14,15,16). The summed E-state index contributed by atoms with van der Waals surface area (Å²) in [5, 5.41) is 11.8. The van der Waals surface area contributed by atoms with Crippen molar-refractivity contribution in [3.05, 3.63) is 47.9 Å². The molecule has 0 aliphatic heterocycles. The maximum Gasteiger partial charge on any atom is 0.354 e. The molecular weight excluding hydrogens is 246 g/mol. The van der Waals surface area contributed by atoms with E-state index in [-0.39, 0.29) is 11.5 Å². The van der Waals surface area contributed by atoms with Gasteiger partial charge < -0.3 is 10.4 Å². The van der Waals surface area contributed by atoms with Gasteiger partial charge in [-0.3, -0.25) is 4.79 Å². The van der Waals surface area contributed by atoms with Crippen LogP contribution in [0.4, 0.5) is 11.5 Å². The highest BCUT2D eigenvalue weighted by Crippen LogP contribution is 2.15. The van der Waals surface area contributed by atoms with Crippen LogP contribution in [0.2, 0.25) is 0 Å². The Morgan fingerprint density at radius 1 is 1.16 bits per heavy atom. The van der Waals surface area contributed by atoms with Gasteiger partial charge in [-0.2, -0.15) is 0 Å². The summed E-state index contributed by atoms with van der Waals surface area (Å²) in [6.45, 7) is 1.49. The summed E-state index contributed by atoms with van der Waals surface area (Å²) in [5.74, 6) is -0.748. The quantitative estimate of drug-likeness (QED) is 0.815.